The molecule has 27 heavy (non-hydrogen) atoms. The van der Waals surface area contributed by atoms with Gasteiger partial charge in [0.05, 0.1) is 18.8 Å². The predicted molar refractivity (Wildman–Crippen MR) is 107 cm³/mol. The van der Waals surface area contributed by atoms with E-state index in [1.54, 1.807) is 0 Å². The summed E-state index contributed by atoms with van der Waals surface area (Å²) in [6.07, 6.45) is 0.365. The first-order chi connectivity index (χ1) is 13.1. The molecule has 1 unspecified atom stereocenters. The second-order valence-electron chi connectivity index (χ2n) is 7.22. The molecular formula is C20H21N3O3S. The SMILES string of the molecule is Cc1cc2c(s1)N=C1N(c3ccc(N4CCOCC4)cc3)CCC1(O)C2=O. The Morgan fingerprint density at radius 2 is 1.85 bits per heavy atom. The average molecular weight is 383 g/mol. The molecule has 5 rings (SSSR count). The molecule has 0 spiro atoms. The second-order valence-corrected chi connectivity index (χ2v) is 8.45. The third-order valence-corrected chi connectivity index (χ3v) is 6.47. The number of morpholine rings is 1. The molecule has 0 saturated carbocycles. The van der Waals surface area contributed by atoms with Gasteiger partial charge in [-0.2, -0.15) is 0 Å². The lowest BCUT2D eigenvalue weighted by atomic mass is 9.90. The highest BCUT2D eigenvalue weighted by Gasteiger charge is 2.52. The van der Waals surface area contributed by atoms with Crippen LogP contribution in [0.4, 0.5) is 16.4 Å². The van der Waals surface area contributed by atoms with Crippen LogP contribution in [0, 0.1) is 6.92 Å². The minimum absolute atomic E-state index is 0.223. The van der Waals surface area contributed by atoms with Crippen LogP contribution in [0.1, 0.15) is 21.7 Å². The average Bonchev–Trinajstić information content (AvgIpc) is 3.23. The molecule has 0 radical (unpaired) electrons. The number of anilines is 2. The fourth-order valence-corrected chi connectivity index (χ4v) is 4.94. The number of fused-ring (bicyclic) bond motifs is 2. The second kappa shape index (κ2) is 6.15. The molecule has 4 heterocycles. The van der Waals surface area contributed by atoms with Crippen LogP contribution in [0.15, 0.2) is 35.3 Å². The minimum Gasteiger partial charge on any atom is -0.378 e. The fraction of sp³-hybridized carbons (Fsp3) is 0.400. The molecule has 2 fully saturated rings. The Hall–Kier alpha value is -2.22. The summed E-state index contributed by atoms with van der Waals surface area (Å²) in [6.45, 7) is 5.82. The van der Waals surface area contributed by atoms with Crippen molar-refractivity contribution in [1.29, 1.82) is 0 Å². The fourth-order valence-electron chi connectivity index (χ4n) is 4.07. The third kappa shape index (κ3) is 2.61. The van der Waals surface area contributed by atoms with E-state index < -0.39 is 5.60 Å². The Kier molecular flexibility index (Phi) is 3.86. The van der Waals surface area contributed by atoms with Crippen molar-refractivity contribution in [3.05, 3.63) is 40.8 Å². The van der Waals surface area contributed by atoms with Crippen molar-refractivity contribution < 1.29 is 14.6 Å². The van der Waals surface area contributed by atoms with Gasteiger partial charge in [-0.1, -0.05) is 0 Å². The first-order valence-corrected chi connectivity index (χ1v) is 10.0. The number of rotatable bonds is 2. The number of hydrogen-bond donors (Lipinski definition) is 1. The van der Waals surface area contributed by atoms with Gasteiger partial charge in [0.2, 0.25) is 5.78 Å². The molecule has 3 aliphatic rings. The Bertz CT molecular complexity index is 930. The van der Waals surface area contributed by atoms with Crippen LogP contribution in [0.5, 0.6) is 0 Å². The monoisotopic (exact) mass is 383 g/mol. The van der Waals surface area contributed by atoms with Crippen molar-refractivity contribution in [2.45, 2.75) is 18.9 Å². The van der Waals surface area contributed by atoms with Gasteiger partial charge < -0.3 is 19.6 Å². The highest BCUT2D eigenvalue weighted by molar-refractivity contribution is 7.16. The number of carbonyl (C=O) groups is 1. The number of aryl methyl sites for hydroxylation is 1. The van der Waals surface area contributed by atoms with E-state index >= 15 is 0 Å². The number of ketones is 1. The molecule has 2 aromatic rings. The quantitative estimate of drug-likeness (QED) is 0.864. The van der Waals surface area contributed by atoms with E-state index in [1.165, 1.54) is 11.3 Å². The standard InChI is InChI=1S/C20H21N3O3S/c1-13-12-16-17(24)20(25)6-7-23(19(20)21-18(16)27-13)15-4-2-14(3-5-15)22-8-10-26-11-9-22/h2-5,12,25H,6-11H2,1H3. The lowest BCUT2D eigenvalue weighted by molar-refractivity contribution is 0.0603. The summed E-state index contributed by atoms with van der Waals surface area (Å²) in [6, 6.07) is 10.1. The van der Waals surface area contributed by atoms with Gasteiger partial charge >= 0.3 is 0 Å². The molecule has 0 bridgehead atoms. The number of carbonyl (C=O) groups excluding carboxylic acids is 1. The lowest BCUT2D eigenvalue weighted by Gasteiger charge is -2.30. The number of benzene rings is 1. The first kappa shape index (κ1) is 16.9. The maximum Gasteiger partial charge on any atom is 0.205 e. The van der Waals surface area contributed by atoms with Crippen LogP contribution in [0.2, 0.25) is 0 Å². The van der Waals surface area contributed by atoms with E-state index in [0.29, 0.717) is 29.4 Å². The highest BCUT2D eigenvalue weighted by atomic mass is 32.1. The topological polar surface area (TPSA) is 65.4 Å². The molecule has 1 N–H and O–H groups in total. The smallest absolute Gasteiger partial charge is 0.205 e. The Labute approximate surface area is 161 Å². The van der Waals surface area contributed by atoms with E-state index in [9.17, 15) is 9.90 Å². The summed E-state index contributed by atoms with van der Waals surface area (Å²) in [5.41, 5.74) is 1.15. The van der Waals surface area contributed by atoms with Crippen LogP contribution in [0.3, 0.4) is 0 Å². The van der Waals surface area contributed by atoms with Crippen molar-refractivity contribution in [1.82, 2.24) is 0 Å². The summed E-state index contributed by atoms with van der Waals surface area (Å²) in [7, 11) is 0. The van der Waals surface area contributed by atoms with Crippen LogP contribution in [-0.4, -0.2) is 55.2 Å². The van der Waals surface area contributed by atoms with Gasteiger partial charge in [-0.05, 0) is 37.3 Å². The maximum atomic E-state index is 12.9. The maximum absolute atomic E-state index is 12.9. The summed E-state index contributed by atoms with van der Waals surface area (Å²) in [5.74, 6) is 0.236. The molecule has 7 heteroatoms. The van der Waals surface area contributed by atoms with Crippen LogP contribution in [-0.2, 0) is 4.74 Å². The van der Waals surface area contributed by atoms with Gasteiger partial charge in [0, 0.05) is 42.3 Å². The number of amidine groups is 1. The van der Waals surface area contributed by atoms with Crippen molar-refractivity contribution in [2.75, 3.05) is 42.6 Å². The third-order valence-electron chi connectivity index (χ3n) is 5.52. The van der Waals surface area contributed by atoms with Crippen LogP contribution >= 0.6 is 11.3 Å². The number of thiophene rings is 1. The minimum atomic E-state index is -1.51. The zero-order valence-corrected chi connectivity index (χ0v) is 16.0. The summed E-state index contributed by atoms with van der Waals surface area (Å²) in [4.78, 5) is 22.9. The molecule has 2 saturated heterocycles. The van der Waals surface area contributed by atoms with Crippen molar-refractivity contribution in [2.24, 2.45) is 4.99 Å². The van der Waals surface area contributed by atoms with Gasteiger partial charge in [-0.25, -0.2) is 4.99 Å². The van der Waals surface area contributed by atoms with Gasteiger partial charge in [-0.3, -0.25) is 4.79 Å². The Morgan fingerprint density at radius 1 is 1.15 bits per heavy atom. The Balaban J connectivity index is 1.48. The Morgan fingerprint density at radius 3 is 2.59 bits per heavy atom. The first-order valence-electron chi connectivity index (χ1n) is 9.23. The van der Waals surface area contributed by atoms with Crippen LogP contribution in [0.25, 0.3) is 0 Å². The van der Waals surface area contributed by atoms with E-state index in [1.807, 2.05) is 30.0 Å². The highest BCUT2D eigenvalue weighted by Crippen LogP contribution is 2.43. The number of aliphatic imine (C=N–C) groups is 1. The molecule has 1 aromatic heterocycles. The lowest BCUT2D eigenvalue weighted by Crippen LogP contribution is -2.48. The van der Waals surface area contributed by atoms with Crippen molar-refractivity contribution in [3.63, 3.8) is 0 Å². The van der Waals surface area contributed by atoms with Crippen LogP contribution < -0.4 is 9.80 Å². The van der Waals surface area contributed by atoms with E-state index in [-0.39, 0.29) is 5.78 Å². The van der Waals surface area contributed by atoms with Gasteiger partial charge in [-0.15, -0.1) is 11.3 Å². The molecule has 3 aliphatic heterocycles. The van der Waals surface area contributed by atoms with Gasteiger partial charge in [0.15, 0.2) is 11.4 Å². The van der Waals surface area contributed by atoms with E-state index in [2.05, 4.69) is 22.0 Å². The number of hydrogen-bond acceptors (Lipinski definition) is 7. The molecular weight excluding hydrogens is 362 g/mol. The van der Waals surface area contributed by atoms with E-state index in [4.69, 9.17) is 4.74 Å². The molecule has 140 valence electrons. The largest absolute Gasteiger partial charge is 0.378 e. The molecule has 0 amide bonds. The number of ether oxygens (including phenoxy) is 1. The normalized spacial score (nSPS) is 24.7. The molecule has 1 aromatic carbocycles. The summed E-state index contributed by atoms with van der Waals surface area (Å²) in [5, 5.41) is 11.8. The summed E-state index contributed by atoms with van der Waals surface area (Å²) < 4.78 is 5.41. The van der Waals surface area contributed by atoms with Gasteiger partial charge in [0.25, 0.3) is 0 Å². The zero-order chi connectivity index (χ0) is 18.6. The van der Waals surface area contributed by atoms with Gasteiger partial charge in [0.1, 0.15) is 5.00 Å². The molecule has 1 atom stereocenters. The zero-order valence-electron chi connectivity index (χ0n) is 15.1. The number of nitrogens with zero attached hydrogens (tertiary/aromatic N) is 3. The predicted octanol–water partition coefficient (Wildman–Crippen LogP) is 2.76. The van der Waals surface area contributed by atoms with Crippen molar-refractivity contribution >= 4 is 39.3 Å². The molecule has 0 aliphatic carbocycles. The van der Waals surface area contributed by atoms with E-state index in [0.717, 1.165) is 42.6 Å². The van der Waals surface area contributed by atoms with Crippen molar-refractivity contribution in [3.8, 4) is 0 Å². The molecule has 6 nitrogen and oxygen atoms in total. The summed E-state index contributed by atoms with van der Waals surface area (Å²) >= 11 is 1.50. The number of Topliss-reactive ketones (excluding diaryl/α,β-unsaturated/α-hetero) is 1. The number of aliphatic hydroxyl groups is 1.